The summed E-state index contributed by atoms with van der Waals surface area (Å²) in [4.78, 5) is 22.2. The number of hydrogen-bond donors (Lipinski definition) is 1. The summed E-state index contributed by atoms with van der Waals surface area (Å²) in [7, 11) is 0. The van der Waals surface area contributed by atoms with Crippen LogP contribution in [0, 0.1) is 0 Å². The van der Waals surface area contributed by atoms with Gasteiger partial charge in [0.05, 0.1) is 0 Å². The summed E-state index contributed by atoms with van der Waals surface area (Å²) in [6, 6.07) is 8.27. The number of carbonyl (C=O) groups excluding carboxylic acids is 2. The lowest BCUT2D eigenvalue weighted by atomic mass is 10.1. The fourth-order valence-corrected chi connectivity index (χ4v) is 1.69. The van der Waals surface area contributed by atoms with Gasteiger partial charge in [0.15, 0.2) is 0 Å². The lowest BCUT2D eigenvalue weighted by molar-refractivity contribution is -0.124. The van der Waals surface area contributed by atoms with Crippen molar-refractivity contribution >= 4 is 11.7 Å². The number of rotatable bonds is 7. The van der Waals surface area contributed by atoms with Crippen LogP contribution in [0.3, 0.4) is 0 Å². The van der Waals surface area contributed by atoms with Gasteiger partial charge in [-0.1, -0.05) is 37.6 Å². The fraction of sp³-hybridized carbons (Fsp3) is 0.467. The van der Waals surface area contributed by atoms with Crippen LogP contribution in [0.15, 0.2) is 24.3 Å². The topological polar surface area (TPSA) is 46.2 Å². The van der Waals surface area contributed by atoms with E-state index in [9.17, 15) is 9.59 Å². The SMILES string of the molecule is CCCc1ccc(CNC(=O)CCC(C)=O)cc1.[HH]. The molecule has 0 fully saturated rings. The van der Waals surface area contributed by atoms with Crippen molar-refractivity contribution in [3.05, 3.63) is 35.4 Å². The maximum Gasteiger partial charge on any atom is 0.220 e. The molecule has 0 unspecified atom stereocenters. The molecule has 0 saturated carbocycles. The van der Waals surface area contributed by atoms with E-state index in [1.807, 2.05) is 12.1 Å². The summed E-state index contributed by atoms with van der Waals surface area (Å²) in [5.41, 5.74) is 2.41. The molecule has 3 heteroatoms. The Balaban J connectivity index is 0.00000324. The molecule has 0 radical (unpaired) electrons. The van der Waals surface area contributed by atoms with Crippen molar-refractivity contribution in [1.82, 2.24) is 5.32 Å². The van der Waals surface area contributed by atoms with Gasteiger partial charge in [-0.25, -0.2) is 0 Å². The molecular weight excluding hydrogens is 226 g/mol. The quantitative estimate of drug-likeness (QED) is 0.807. The molecule has 0 aliphatic carbocycles. The Labute approximate surface area is 110 Å². The van der Waals surface area contributed by atoms with E-state index < -0.39 is 0 Å². The highest BCUT2D eigenvalue weighted by Gasteiger charge is 2.03. The van der Waals surface area contributed by atoms with E-state index in [2.05, 4.69) is 24.4 Å². The third kappa shape index (κ3) is 5.62. The number of hydrogen-bond acceptors (Lipinski definition) is 2. The molecule has 1 aromatic rings. The summed E-state index contributed by atoms with van der Waals surface area (Å²) >= 11 is 0. The first-order valence-electron chi connectivity index (χ1n) is 6.45. The van der Waals surface area contributed by atoms with Crippen molar-refractivity contribution in [2.45, 2.75) is 46.1 Å². The average molecular weight is 249 g/mol. The molecule has 0 aromatic heterocycles. The predicted octanol–water partition coefficient (Wildman–Crippen LogP) is 2.87. The second-order valence-electron chi connectivity index (χ2n) is 4.55. The van der Waals surface area contributed by atoms with Crippen molar-refractivity contribution < 1.29 is 11.0 Å². The second kappa shape index (κ2) is 7.64. The van der Waals surface area contributed by atoms with E-state index in [4.69, 9.17) is 0 Å². The van der Waals surface area contributed by atoms with Crippen LogP contribution in [0.25, 0.3) is 0 Å². The third-order valence-corrected chi connectivity index (χ3v) is 2.76. The Morgan fingerprint density at radius 2 is 1.72 bits per heavy atom. The van der Waals surface area contributed by atoms with E-state index in [1.54, 1.807) is 0 Å². The summed E-state index contributed by atoms with van der Waals surface area (Å²) < 4.78 is 0. The standard InChI is InChI=1S/C15H21NO2.H2/c1-3-4-13-6-8-14(9-7-13)11-16-15(18)10-5-12(2)17;/h6-9H,3-5,10-11H2,1-2H3,(H,16,18);1H. The molecule has 3 nitrogen and oxygen atoms in total. The maximum absolute atomic E-state index is 11.4. The van der Waals surface area contributed by atoms with Crippen molar-refractivity contribution in [2.75, 3.05) is 0 Å². The van der Waals surface area contributed by atoms with E-state index in [-0.39, 0.29) is 19.5 Å². The number of aryl methyl sites for hydroxylation is 1. The molecule has 0 bridgehead atoms. The van der Waals surface area contributed by atoms with Crippen LogP contribution in [0.1, 0.15) is 45.7 Å². The van der Waals surface area contributed by atoms with Crippen LogP contribution in [0.2, 0.25) is 0 Å². The molecule has 100 valence electrons. The number of ketones is 1. The highest BCUT2D eigenvalue weighted by Crippen LogP contribution is 2.06. The minimum absolute atomic E-state index is 0. The van der Waals surface area contributed by atoms with Gasteiger partial charge in [0.2, 0.25) is 5.91 Å². The molecule has 18 heavy (non-hydrogen) atoms. The zero-order valence-electron chi connectivity index (χ0n) is 11.2. The molecule has 1 aromatic carbocycles. The zero-order valence-corrected chi connectivity index (χ0v) is 11.2. The third-order valence-electron chi connectivity index (χ3n) is 2.76. The van der Waals surface area contributed by atoms with E-state index in [0.29, 0.717) is 13.0 Å². The van der Waals surface area contributed by atoms with Gasteiger partial charge in [0, 0.05) is 20.8 Å². The molecule has 0 aliphatic heterocycles. The molecule has 1 N–H and O–H groups in total. The molecule has 0 spiro atoms. The Morgan fingerprint density at radius 3 is 2.28 bits per heavy atom. The lowest BCUT2D eigenvalue weighted by Crippen LogP contribution is -2.22. The number of nitrogens with one attached hydrogen (secondary N) is 1. The summed E-state index contributed by atoms with van der Waals surface area (Å²) in [6.07, 6.45) is 2.83. The van der Waals surface area contributed by atoms with E-state index in [1.165, 1.54) is 12.5 Å². The first-order valence-corrected chi connectivity index (χ1v) is 6.45. The Morgan fingerprint density at radius 1 is 1.11 bits per heavy atom. The van der Waals surface area contributed by atoms with Gasteiger partial charge < -0.3 is 10.1 Å². The first-order chi connectivity index (χ1) is 8.61. The minimum atomic E-state index is -0.0668. The molecule has 0 atom stereocenters. The van der Waals surface area contributed by atoms with Gasteiger partial charge in [-0.2, -0.15) is 0 Å². The van der Waals surface area contributed by atoms with Gasteiger partial charge in [-0.05, 0) is 24.5 Å². The van der Waals surface area contributed by atoms with E-state index in [0.717, 1.165) is 18.4 Å². The number of Topliss-reactive ketones (excluding diaryl/α,β-unsaturated/α-hetero) is 1. The van der Waals surface area contributed by atoms with Gasteiger partial charge in [0.1, 0.15) is 5.78 Å². The number of carbonyl (C=O) groups is 2. The summed E-state index contributed by atoms with van der Waals surface area (Å²) in [5, 5.41) is 2.81. The highest BCUT2D eigenvalue weighted by atomic mass is 16.2. The largest absolute Gasteiger partial charge is 0.352 e. The average Bonchev–Trinajstić information content (AvgIpc) is 2.36. The number of benzene rings is 1. The smallest absolute Gasteiger partial charge is 0.220 e. The van der Waals surface area contributed by atoms with Gasteiger partial charge >= 0.3 is 0 Å². The minimum Gasteiger partial charge on any atom is -0.352 e. The molecule has 1 rings (SSSR count). The summed E-state index contributed by atoms with van der Waals surface area (Å²) in [6.45, 7) is 4.19. The van der Waals surface area contributed by atoms with Crippen LogP contribution in [0.4, 0.5) is 0 Å². The lowest BCUT2D eigenvalue weighted by Gasteiger charge is -2.06. The monoisotopic (exact) mass is 249 g/mol. The van der Waals surface area contributed by atoms with Gasteiger partial charge in [-0.15, -0.1) is 0 Å². The maximum atomic E-state index is 11.4. The van der Waals surface area contributed by atoms with Crippen LogP contribution in [-0.4, -0.2) is 11.7 Å². The zero-order chi connectivity index (χ0) is 13.4. The normalized spacial score (nSPS) is 10.1. The Hall–Kier alpha value is -1.64. The van der Waals surface area contributed by atoms with Gasteiger partial charge in [-0.3, -0.25) is 4.79 Å². The second-order valence-corrected chi connectivity index (χ2v) is 4.55. The van der Waals surface area contributed by atoms with Crippen LogP contribution < -0.4 is 5.32 Å². The molecular formula is C15H23NO2. The molecule has 0 heterocycles. The van der Waals surface area contributed by atoms with Crippen molar-refractivity contribution in [2.24, 2.45) is 0 Å². The Bertz CT molecular complexity index is 401. The molecule has 0 saturated heterocycles. The van der Waals surface area contributed by atoms with Gasteiger partial charge in [0.25, 0.3) is 0 Å². The van der Waals surface area contributed by atoms with Crippen molar-refractivity contribution in [3.8, 4) is 0 Å². The molecule has 1 amide bonds. The summed E-state index contributed by atoms with van der Waals surface area (Å²) in [5.74, 6) is -0.0168. The van der Waals surface area contributed by atoms with Crippen LogP contribution >= 0.6 is 0 Å². The Kier molecular flexibility index (Phi) is 6.12. The first kappa shape index (κ1) is 14.4. The highest BCUT2D eigenvalue weighted by molar-refractivity contribution is 5.83. The number of amides is 1. The van der Waals surface area contributed by atoms with Crippen molar-refractivity contribution in [1.29, 1.82) is 0 Å². The fourth-order valence-electron chi connectivity index (χ4n) is 1.69. The predicted molar refractivity (Wildman–Crippen MR) is 74.3 cm³/mol. The van der Waals surface area contributed by atoms with Crippen LogP contribution in [0.5, 0.6) is 0 Å². The van der Waals surface area contributed by atoms with E-state index >= 15 is 0 Å². The van der Waals surface area contributed by atoms with Crippen molar-refractivity contribution in [3.63, 3.8) is 0 Å². The molecule has 0 aliphatic rings. The van der Waals surface area contributed by atoms with Crippen LogP contribution in [-0.2, 0) is 22.6 Å².